The van der Waals surface area contributed by atoms with Gasteiger partial charge in [0.25, 0.3) is 11.8 Å². The van der Waals surface area contributed by atoms with Crippen molar-refractivity contribution in [2.45, 2.75) is 13.3 Å². The Labute approximate surface area is 175 Å². The van der Waals surface area contributed by atoms with Gasteiger partial charge in [-0.25, -0.2) is 4.90 Å². The van der Waals surface area contributed by atoms with E-state index in [-0.39, 0.29) is 11.6 Å². The summed E-state index contributed by atoms with van der Waals surface area (Å²) in [6.07, 6.45) is 0.872. The van der Waals surface area contributed by atoms with Crippen molar-refractivity contribution in [3.8, 4) is 5.75 Å². The van der Waals surface area contributed by atoms with Gasteiger partial charge in [-0.2, -0.15) is 0 Å². The van der Waals surface area contributed by atoms with Crippen LogP contribution in [0.4, 0.5) is 11.4 Å². The summed E-state index contributed by atoms with van der Waals surface area (Å²) in [5.74, 6) is -0.131. The van der Waals surface area contributed by atoms with Crippen molar-refractivity contribution < 1.29 is 14.3 Å². The normalized spacial score (nSPS) is 13.7. The van der Waals surface area contributed by atoms with Crippen LogP contribution in [0.5, 0.6) is 5.75 Å². The molecule has 0 radical (unpaired) electrons. The minimum absolute atomic E-state index is 0.261. The zero-order valence-electron chi connectivity index (χ0n) is 16.7. The second-order valence-corrected chi connectivity index (χ2v) is 6.90. The predicted octanol–water partition coefficient (Wildman–Crippen LogP) is 4.87. The zero-order valence-corrected chi connectivity index (χ0v) is 16.7. The van der Waals surface area contributed by atoms with Gasteiger partial charge in [-0.1, -0.05) is 61.5 Å². The third kappa shape index (κ3) is 3.82. The molecule has 1 N–H and O–H groups in total. The lowest BCUT2D eigenvalue weighted by molar-refractivity contribution is -0.120. The molecule has 0 spiro atoms. The van der Waals surface area contributed by atoms with E-state index in [0.29, 0.717) is 29.2 Å². The van der Waals surface area contributed by atoms with Gasteiger partial charge in [0.05, 0.1) is 17.9 Å². The Bertz CT molecular complexity index is 1090. The molecule has 2 amide bonds. The van der Waals surface area contributed by atoms with Crippen LogP contribution in [0.1, 0.15) is 18.9 Å². The molecule has 0 aliphatic carbocycles. The SMILES string of the molecule is CCCOc1cccc(N2C(=O)C(Nc3ccccc3)=C(c3ccccc3)C2=O)c1. The lowest BCUT2D eigenvalue weighted by atomic mass is 10.0. The fourth-order valence-corrected chi connectivity index (χ4v) is 3.35. The minimum atomic E-state index is -0.393. The number of imide groups is 1. The summed E-state index contributed by atoms with van der Waals surface area (Å²) in [5.41, 5.74) is 2.53. The smallest absolute Gasteiger partial charge is 0.282 e. The summed E-state index contributed by atoms with van der Waals surface area (Å²) in [7, 11) is 0. The number of nitrogens with one attached hydrogen (secondary N) is 1. The number of rotatable bonds is 7. The summed E-state index contributed by atoms with van der Waals surface area (Å²) in [6.45, 7) is 2.59. The van der Waals surface area contributed by atoms with Crippen LogP contribution < -0.4 is 15.0 Å². The number of ether oxygens (including phenoxy) is 1. The number of anilines is 2. The third-order valence-electron chi connectivity index (χ3n) is 4.74. The second kappa shape index (κ2) is 8.66. The molecule has 0 aromatic heterocycles. The Morgan fingerprint density at radius 3 is 2.23 bits per heavy atom. The number of hydrogen-bond acceptors (Lipinski definition) is 4. The number of hydrogen-bond donors (Lipinski definition) is 1. The summed E-state index contributed by atoms with van der Waals surface area (Å²) >= 11 is 0. The van der Waals surface area contributed by atoms with E-state index in [9.17, 15) is 9.59 Å². The number of para-hydroxylation sites is 1. The molecular weight excluding hydrogens is 376 g/mol. The van der Waals surface area contributed by atoms with Crippen molar-refractivity contribution in [2.75, 3.05) is 16.8 Å². The molecule has 150 valence electrons. The summed E-state index contributed by atoms with van der Waals surface area (Å²) in [5, 5.41) is 3.15. The molecule has 0 saturated carbocycles. The number of carbonyl (C=O) groups is 2. The highest BCUT2D eigenvalue weighted by atomic mass is 16.5. The van der Waals surface area contributed by atoms with E-state index in [1.807, 2.05) is 73.7 Å². The summed E-state index contributed by atoms with van der Waals surface area (Å²) in [6, 6.07) is 25.7. The molecule has 30 heavy (non-hydrogen) atoms. The molecule has 0 bridgehead atoms. The molecule has 0 fully saturated rings. The molecule has 3 aromatic rings. The first-order valence-corrected chi connectivity index (χ1v) is 9.92. The van der Waals surface area contributed by atoms with Crippen LogP contribution in [0.25, 0.3) is 5.57 Å². The minimum Gasteiger partial charge on any atom is -0.494 e. The van der Waals surface area contributed by atoms with Gasteiger partial charge in [-0.05, 0) is 36.2 Å². The first-order chi connectivity index (χ1) is 14.7. The van der Waals surface area contributed by atoms with E-state index >= 15 is 0 Å². The Morgan fingerprint density at radius 1 is 0.833 bits per heavy atom. The molecule has 0 atom stereocenters. The van der Waals surface area contributed by atoms with Gasteiger partial charge in [0.2, 0.25) is 0 Å². The molecule has 0 saturated heterocycles. The maximum absolute atomic E-state index is 13.4. The van der Waals surface area contributed by atoms with E-state index in [4.69, 9.17) is 4.74 Å². The maximum Gasteiger partial charge on any atom is 0.282 e. The topological polar surface area (TPSA) is 58.6 Å². The number of nitrogens with zero attached hydrogens (tertiary/aromatic N) is 1. The van der Waals surface area contributed by atoms with E-state index < -0.39 is 5.91 Å². The van der Waals surface area contributed by atoms with Crippen LogP contribution in [-0.2, 0) is 9.59 Å². The number of carbonyl (C=O) groups excluding carboxylic acids is 2. The Balaban J connectivity index is 1.75. The lowest BCUT2D eigenvalue weighted by Gasteiger charge is -2.16. The maximum atomic E-state index is 13.4. The van der Waals surface area contributed by atoms with Crippen LogP contribution in [-0.4, -0.2) is 18.4 Å². The van der Waals surface area contributed by atoms with Crippen LogP contribution >= 0.6 is 0 Å². The van der Waals surface area contributed by atoms with E-state index in [0.717, 1.165) is 12.1 Å². The molecular formula is C25H22N2O3. The average Bonchev–Trinajstić information content (AvgIpc) is 3.03. The van der Waals surface area contributed by atoms with E-state index in [1.165, 1.54) is 4.90 Å². The first-order valence-electron chi connectivity index (χ1n) is 9.92. The molecule has 0 unspecified atom stereocenters. The molecule has 1 aliphatic heterocycles. The van der Waals surface area contributed by atoms with Gasteiger partial charge in [0.15, 0.2) is 0 Å². The Morgan fingerprint density at radius 2 is 1.53 bits per heavy atom. The largest absolute Gasteiger partial charge is 0.494 e. The molecule has 1 heterocycles. The van der Waals surface area contributed by atoms with Crippen molar-refractivity contribution in [2.24, 2.45) is 0 Å². The predicted molar refractivity (Wildman–Crippen MR) is 118 cm³/mol. The van der Waals surface area contributed by atoms with Crippen molar-refractivity contribution in [3.63, 3.8) is 0 Å². The van der Waals surface area contributed by atoms with Crippen LogP contribution in [0.3, 0.4) is 0 Å². The fourth-order valence-electron chi connectivity index (χ4n) is 3.35. The molecule has 1 aliphatic rings. The monoisotopic (exact) mass is 398 g/mol. The van der Waals surface area contributed by atoms with Gasteiger partial charge in [-0.15, -0.1) is 0 Å². The zero-order chi connectivity index (χ0) is 20.9. The highest BCUT2D eigenvalue weighted by Crippen LogP contribution is 2.34. The van der Waals surface area contributed by atoms with Crippen LogP contribution in [0.15, 0.2) is 90.6 Å². The highest BCUT2D eigenvalue weighted by molar-refractivity contribution is 6.46. The second-order valence-electron chi connectivity index (χ2n) is 6.90. The molecule has 5 heteroatoms. The third-order valence-corrected chi connectivity index (χ3v) is 4.74. The van der Waals surface area contributed by atoms with Crippen LogP contribution in [0.2, 0.25) is 0 Å². The Kier molecular flexibility index (Phi) is 5.61. The van der Waals surface area contributed by atoms with Crippen molar-refractivity contribution in [3.05, 3.63) is 96.2 Å². The van der Waals surface area contributed by atoms with Gasteiger partial charge < -0.3 is 10.1 Å². The molecule has 5 nitrogen and oxygen atoms in total. The van der Waals surface area contributed by atoms with Gasteiger partial charge >= 0.3 is 0 Å². The molecule has 3 aromatic carbocycles. The fraction of sp³-hybridized carbons (Fsp3) is 0.120. The van der Waals surface area contributed by atoms with Gasteiger partial charge in [0.1, 0.15) is 11.4 Å². The van der Waals surface area contributed by atoms with Crippen molar-refractivity contribution >= 4 is 28.8 Å². The van der Waals surface area contributed by atoms with Gasteiger partial charge in [0, 0.05) is 11.8 Å². The van der Waals surface area contributed by atoms with Crippen molar-refractivity contribution in [1.29, 1.82) is 0 Å². The van der Waals surface area contributed by atoms with Crippen LogP contribution in [0, 0.1) is 0 Å². The standard InChI is InChI=1S/C25H22N2O3/c1-2-16-30-21-15-9-14-20(17-21)27-24(28)22(18-10-5-3-6-11-18)23(25(27)29)26-19-12-7-4-8-13-19/h3-15,17,26H,2,16H2,1H3. The highest BCUT2D eigenvalue weighted by Gasteiger charge is 2.40. The summed E-state index contributed by atoms with van der Waals surface area (Å²) < 4.78 is 5.68. The van der Waals surface area contributed by atoms with Gasteiger partial charge in [-0.3, -0.25) is 9.59 Å². The first kappa shape index (κ1) is 19.5. The average molecular weight is 398 g/mol. The quantitative estimate of drug-likeness (QED) is 0.577. The van der Waals surface area contributed by atoms with E-state index in [2.05, 4.69) is 5.32 Å². The lowest BCUT2D eigenvalue weighted by Crippen LogP contribution is -2.32. The number of benzene rings is 3. The summed E-state index contributed by atoms with van der Waals surface area (Å²) in [4.78, 5) is 28.0. The van der Waals surface area contributed by atoms with Crippen molar-refractivity contribution in [1.82, 2.24) is 0 Å². The number of amides is 2. The van der Waals surface area contributed by atoms with E-state index in [1.54, 1.807) is 18.2 Å². The molecule has 4 rings (SSSR count). The Hall–Kier alpha value is -3.86.